The van der Waals surface area contributed by atoms with Crippen LogP contribution in [0.25, 0.3) is 0 Å². The summed E-state index contributed by atoms with van der Waals surface area (Å²) in [4.78, 5) is 29.2. The Morgan fingerprint density at radius 2 is 1.62 bits per heavy atom. The minimum atomic E-state index is -3.60. The Balaban J connectivity index is 1.32. The lowest BCUT2D eigenvalue weighted by Gasteiger charge is -2.34. The molecule has 0 bridgehead atoms. The Labute approximate surface area is 199 Å². The van der Waals surface area contributed by atoms with Crippen molar-refractivity contribution in [1.82, 2.24) is 9.80 Å². The van der Waals surface area contributed by atoms with Gasteiger partial charge in [0.15, 0.2) is 15.6 Å². The fourth-order valence-electron chi connectivity index (χ4n) is 3.85. The standard InChI is InChI=1S/C25H27N3O5S/c1-19-7-9-21(10-8-19)26-23(29)17-27-12-14-28(15-13-27)25(30)24-20(11-16-33-24)18-34(31,32)22-5-3-2-4-6-22/h2-11,16H,12-15,17-18H2,1H3,(H,26,29). The van der Waals surface area contributed by atoms with Crippen molar-refractivity contribution in [3.63, 3.8) is 0 Å². The summed E-state index contributed by atoms with van der Waals surface area (Å²) in [5.41, 5.74) is 2.21. The zero-order valence-electron chi connectivity index (χ0n) is 18.9. The van der Waals surface area contributed by atoms with Crippen molar-refractivity contribution < 1.29 is 22.4 Å². The molecule has 0 atom stereocenters. The molecule has 0 spiro atoms. The first-order chi connectivity index (χ1) is 16.3. The highest BCUT2D eigenvalue weighted by Gasteiger charge is 2.28. The Hall–Kier alpha value is -3.43. The summed E-state index contributed by atoms with van der Waals surface area (Å²) in [5, 5.41) is 2.88. The second-order valence-corrected chi connectivity index (χ2v) is 10.3. The Kier molecular flexibility index (Phi) is 7.14. The number of amides is 2. The first-order valence-electron chi connectivity index (χ1n) is 11.0. The molecular weight excluding hydrogens is 454 g/mol. The number of carbonyl (C=O) groups is 2. The Morgan fingerprint density at radius 1 is 0.941 bits per heavy atom. The van der Waals surface area contributed by atoms with Gasteiger partial charge in [0, 0.05) is 37.4 Å². The van der Waals surface area contributed by atoms with Gasteiger partial charge in [0.25, 0.3) is 5.91 Å². The topological polar surface area (TPSA) is 99.9 Å². The fraction of sp³-hybridized carbons (Fsp3) is 0.280. The molecule has 1 aromatic heterocycles. The molecule has 4 rings (SSSR count). The smallest absolute Gasteiger partial charge is 0.289 e. The van der Waals surface area contributed by atoms with Crippen LogP contribution >= 0.6 is 0 Å². The van der Waals surface area contributed by atoms with Gasteiger partial charge in [-0.25, -0.2) is 8.42 Å². The van der Waals surface area contributed by atoms with E-state index < -0.39 is 9.84 Å². The molecule has 1 N–H and O–H groups in total. The van der Waals surface area contributed by atoms with Crippen molar-refractivity contribution in [2.24, 2.45) is 0 Å². The minimum Gasteiger partial charge on any atom is -0.459 e. The molecule has 178 valence electrons. The van der Waals surface area contributed by atoms with E-state index in [1.807, 2.05) is 36.1 Å². The highest BCUT2D eigenvalue weighted by atomic mass is 32.2. The van der Waals surface area contributed by atoms with Gasteiger partial charge in [-0.3, -0.25) is 14.5 Å². The van der Waals surface area contributed by atoms with Crippen molar-refractivity contribution in [1.29, 1.82) is 0 Å². The normalized spacial score (nSPS) is 14.7. The van der Waals surface area contributed by atoms with Gasteiger partial charge in [0.2, 0.25) is 5.91 Å². The van der Waals surface area contributed by atoms with E-state index in [0.29, 0.717) is 31.7 Å². The zero-order chi connectivity index (χ0) is 24.1. The lowest BCUT2D eigenvalue weighted by molar-refractivity contribution is -0.117. The predicted molar refractivity (Wildman–Crippen MR) is 128 cm³/mol. The third kappa shape index (κ3) is 5.73. The SMILES string of the molecule is Cc1ccc(NC(=O)CN2CCN(C(=O)c3occc3CS(=O)(=O)c3ccccc3)CC2)cc1. The second-order valence-electron chi connectivity index (χ2n) is 8.33. The van der Waals surface area contributed by atoms with E-state index in [4.69, 9.17) is 4.42 Å². The lowest BCUT2D eigenvalue weighted by Crippen LogP contribution is -2.50. The van der Waals surface area contributed by atoms with Crippen molar-refractivity contribution in [3.8, 4) is 0 Å². The summed E-state index contributed by atoms with van der Waals surface area (Å²) < 4.78 is 30.9. The molecule has 0 unspecified atom stereocenters. The number of nitrogens with one attached hydrogen (secondary N) is 1. The minimum absolute atomic E-state index is 0.0464. The zero-order valence-corrected chi connectivity index (χ0v) is 19.8. The van der Waals surface area contributed by atoms with Gasteiger partial charge in [-0.15, -0.1) is 0 Å². The number of piperazine rings is 1. The largest absolute Gasteiger partial charge is 0.459 e. The van der Waals surface area contributed by atoms with E-state index in [1.165, 1.54) is 24.5 Å². The quantitative estimate of drug-likeness (QED) is 0.557. The number of sulfone groups is 1. The average molecular weight is 482 g/mol. The first-order valence-corrected chi connectivity index (χ1v) is 12.7. The number of furan rings is 1. The number of aryl methyl sites for hydroxylation is 1. The van der Waals surface area contributed by atoms with Crippen molar-refractivity contribution in [2.75, 3.05) is 38.0 Å². The summed E-state index contributed by atoms with van der Waals surface area (Å²) >= 11 is 0. The maximum atomic E-state index is 13.0. The highest BCUT2D eigenvalue weighted by Crippen LogP contribution is 2.21. The third-order valence-electron chi connectivity index (χ3n) is 5.75. The molecule has 3 aromatic rings. The molecule has 8 nitrogen and oxygen atoms in total. The molecule has 1 aliphatic heterocycles. The maximum absolute atomic E-state index is 13.0. The molecular formula is C25H27N3O5S. The summed E-state index contributed by atoms with van der Waals surface area (Å²) in [6, 6.07) is 17.3. The molecule has 9 heteroatoms. The number of hydrogen-bond donors (Lipinski definition) is 1. The van der Waals surface area contributed by atoms with Gasteiger partial charge >= 0.3 is 0 Å². The molecule has 0 radical (unpaired) electrons. The number of carbonyl (C=O) groups excluding carboxylic acids is 2. The monoisotopic (exact) mass is 481 g/mol. The van der Waals surface area contributed by atoms with Crippen LogP contribution in [0.3, 0.4) is 0 Å². The van der Waals surface area contributed by atoms with E-state index in [1.54, 1.807) is 23.1 Å². The van der Waals surface area contributed by atoms with Gasteiger partial charge in [-0.2, -0.15) is 0 Å². The van der Waals surface area contributed by atoms with Crippen LogP contribution < -0.4 is 5.32 Å². The van der Waals surface area contributed by atoms with Crippen LogP contribution in [0, 0.1) is 6.92 Å². The molecule has 1 aliphatic rings. The van der Waals surface area contributed by atoms with Crippen LogP contribution in [-0.2, 0) is 20.4 Å². The van der Waals surface area contributed by atoms with E-state index in [9.17, 15) is 18.0 Å². The van der Waals surface area contributed by atoms with Crippen LogP contribution in [0.4, 0.5) is 5.69 Å². The maximum Gasteiger partial charge on any atom is 0.289 e. The van der Waals surface area contributed by atoms with Gasteiger partial charge in [-0.05, 0) is 37.3 Å². The molecule has 2 heterocycles. The summed E-state index contributed by atoms with van der Waals surface area (Å²) in [6.45, 7) is 4.12. The van der Waals surface area contributed by atoms with Gasteiger partial charge < -0.3 is 14.6 Å². The Morgan fingerprint density at radius 3 is 2.29 bits per heavy atom. The van der Waals surface area contributed by atoms with E-state index in [-0.39, 0.29) is 34.8 Å². The number of anilines is 1. The van der Waals surface area contributed by atoms with Gasteiger partial charge in [0.05, 0.1) is 23.5 Å². The third-order valence-corrected chi connectivity index (χ3v) is 7.43. The van der Waals surface area contributed by atoms with Crippen molar-refractivity contribution >= 4 is 27.3 Å². The second kappa shape index (κ2) is 10.2. The Bertz CT molecular complexity index is 1250. The van der Waals surface area contributed by atoms with Crippen LogP contribution in [-0.4, -0.2) is 62.8 Å². The number of nitrogens with zero attached hydrogens (tertiary/aromatic N) is 2. The van der Waals surface area contributed by atoms with Crippen LogP contribution in [0.15, 0.2) is 76.2 Å². The predicted octanol–water partition coefficient (Wildman–Crippen LogP) is 2.96. The molecule has 0 aliphatic carbocycles. The van der Waals surface area contributed by atoms with Crippen molar-refractivity contribution in [2.45, 2.75) is 17.6 Å². The number of benzene rings is 2. The average Bonchev–Trinajstić information content (AvgIpc) is 3.28. The summed E-state index contributed by atoms with van der Waals surface area (Å²) in [5.74, 6) is -0.714. The van der Waals surface area contributed by atoms with Crippen LogP contribution in [0.2, 0.25) is 0 Å². The number of rotatable bonds is 7. The molecule has 1 saturated heterocycles. The van der Waals surface area contributed by atoms with Gasteiger partial charge in [0.1, 0.15) is 0 Å². The van der Waals surface area contributed by atoms with Crippen LogP contribution in [0.5, 0.6) is 0 Å². The first kappa shape index (κ1) is 23.7. The highest BCUT2D eigenvalue weighted by molar-refractivity contribution is 7.90. The van der Waals surface area contributed by atoms with E-state index in [0.717, 1.165) is 11.3 Å². The lowest BCUT2D eigenvalue weighted by atomic mass is 10.2. The molecule has 34 heavy (non-hydrogen) atoms. The molecule has 1 fully saturated rings. The molecule has 0 saturated carbocycles. The van der Waals surface area contributed by atoms with Crippen molar-refractivity contribution in [3.05, 3.63) is 83.8 Å². The van der Waals surface area contributed by atoms with Crippen LogP contribution in [0.1, 0.15) is 21.7 Å². The summed E-state index contributed by atoms with van der Waals surface area (Å²) in [6.07, 6.45) is 1.34. The molecule has 2 amide bonds. The van der Waals surface area contributed by atoms with Gasteiger partial charge in [-0.1, -0.05) is 35.9 Å². The fourth-order valence-corrected chi connectivity index (χ4v) is 5.22. The summed E-state index contributed by atoms with van der Waals surface area (Å²) in [7, 11) is -3.60. The number of hydrogen-bond acceptors (Lipinski definition) is 6. The van der Waals surface area contributed by atoms with E-state index >= 15 is 0 Å². The van der Waals surface area contributed by atoms with E-state index in [2.05, 4.69) is 5.32 Å². The molecule has 2 aromatic carbocycles.